The minimum Gasteiger partial charge on any atom is -0.367 e. The van der Waals surface area contributed by atoms with Crippen LogP contribution in [0.1, 0.15) is 15.9 Å². The number of amides is 1. The fraction of sp³-hybridized carbons (Fsp3) is 0.278. The zero-order valence-corrected chi connectivity index (χ0v) is 13.3. The highest BCUT2D eigenvalue weighted by Gasteiger charge is 2.35. The minimum atomic E-state index is -4.43. The lowest BCUT2D eigenvalue weighted by molar-refractivity contribution is -0.137. The van der Waals surface area contributed by atoms with Crippen LogP contribution < -0.4 is 4.90 Å². The first kappa shape index (κ1) is 17.3. The number of anilines is 1. The van der Waals surface area contributed by atoms with E-state index in [0.29, 0.717) is 0 Å². The Morgan fingerprint density at radius 1 is 0.920 bits per heavy atom. The van der Waals surface area contributed by atoms with Crippen LogP contribution in [0.5, 0.6) is 0 Å². The van der Waals surface area contributed by atoms with Crippen molar-refractivity contribution in [3.05, 3.63) is 65.5 Å². The van der Waals surface area contributed by atoms with E-state index in [9.17, 15) is 22.4 Å². The first-order valence-corrected chi connectivity index (χ1v) is 7.82. The Morgan fingerprint density at radius 3 is 2.24 bits per heavy atom. The maximum absolute atomic E-state index is 13.2. The Hall–Kier alpha value is -2.57. The van der Waals surface area contributed by atoms with Crippen molar-refractivity contribution >= 4 is 11.6 Å². The lowest BCUT2D eigenvalue weighted by Gasteiger charge is -2.37. The van der Waals surface area contributed by atoms with Crippen LogP contribution in [0, 0.1) is 5.82 Å². The van der Waals surface area contributed by atoms with E-state index in [2.05, 4.69) is 0 Å². The standard InChI is InChI=1S/C18H16F4N2O/c19-14-5-3-4-13(12-14)17(25)24-10-8-23(9-11-24)16-7-2-1-6-15(16)18(20,21)22/h1-7,12H,8-11H2. The fourth-order valence-corrected chi connectivity index (χ4v) is 2.94. The van der Waals surface area contributed by atoms with E-state index in [4.69, 9.17) is 0 Å². The van der Waals surface area contributed by atoms with Gasteiger partial charge >= 0.3 is 6.18 Å². The second-order valence-electron chi connectivity index (χ2n) is 5.80. The van der Waals surface area contributed by atoms with Crippen molar-refractivity contribution in [1.29, 1.82) is 0 Å². The normalized spacial score (nSPS) is 15.4. The molecule has 7 heteroatoms. The van der Waals surface area contributed by atoms with Crippen LogP contribution in [0.4, 0.5) is 23.2 Å². The Labute approximate surface area is 142 Å². The van der Waals surface area contributed by atoms with E-state index in [1.807, 2.05) is 0 Å². The molecule has 2 aromatic carbocycles. The molecule has 0 aliphatic carbocycles. The second-order valence-corrected chi connectivity index (χ2v) is 5.80. The number of rotatable bonds is 2. The molecule has 1 fully saturated rings. The molecule has 25 heavy (non-hydrogen) atoms. The van der Waals surface area contributed by atoms with Crippen LogP contribution >= 0.6 is 0 Å². The first-order chi connectivity index (χ1) is 11.9. The third kappa shape index (κ3) is 3.75. The van der Waals surface area contributed by atoms with Crippen molar-refractivity contribution in [2.45, 2.75) is 6.18 Å². The third-order valence-electron chi connectivity index (χ3n) is 4.19. The summed E-state index contributed by atoms with van der Waals surface area (Å²) in [4.78, 5) is 15.5. The van der Waals surface area contributed by atoms with Crippen molar-refractivity contribution in [3.8, 4) is 0 Å². The number of para-hydroxylation sites is 1. The number of hydrogen-bond acceptors (Lipinski definition) is 2. The molecule has 0 unspecified atom stereocenters. The van der Waals surface area contributed by atoms with Crippen LogP contribution in [-0.2, 0) is 6.18 Å². The number of carbonyl (C=O) groups is 1. The van der Waals surface area contributed by atoms with Gasteiger partial charge in [-0.2, -0.15) is 13.2 Å². The molecule has 0 spiro atoms. The number of benzene rings is 2. The number of alkyl halides is 3. The molecule has 1 aliphatic rings. The van der Waals surface area contributed by atoms with E-state index < -0.39 is 17.6 Å². The Bertz CT molecular complexity index is 768. The van der Waals surface area contributed by atoms with Crippen molar-refractivity contribution in [2.75, 3.05) is 31.1 Å². The fourth-order valence-electron chi connectivity index (χ4n) is 2.94. The van der Waals surface area contributed by atoms with Gasteiger partial charge in [-0.05, 0) is 30.3 Å². The number of hydrogen-bond donors (Lipinski definition) is 0. The van der Waals surface area contributed by atoms with Gasteiger partial charge in [0.05, 0.1) is 5.56 Å². The first-order valence-electron chi connectivity index (χ1n) is 7.82. The van der Waals surface area contributed by atoms with Gasteiger partial charge in [0, 0.05) is 37.4 Å². The zero-order chi connectivity index (χ0) is 18.0. The van der Waals surface area contributed by atoms with Gasteiger partial charge < -0.3 is 9.80 Å². The molecule has 1 aliphatic heterocycles. The van der Waals surface area contributed by atoms with Crippen molar-refractivity contribution in [1.82, 2.24) is 4.90 Å². The predicted octanol–water partition coefficient (Wildman–Crippen LogP) is 3.81. The minimum absolute atomic E-state index is 0.118. The smallest absolute Gasteiger partial charge is 0.367 e. The Kier molecular flexibility index (Phi) is 4.65. The molecule has 1 amide bonds. The van der Waals surface area contributed by atoms with E-state index in [0.717, 1.165) is 12.1 Å². The quantitative estimate of drug-likeness (QED) is 0.768. The van der Waals surface area contributed by atoms with Gasteiger partial charge in [0.1, 0.15) is 5.82 Å². The molecule has 1 heterocycles. The van der Waals surface area contributed by atoms with Crippen LogP contribution in [0.2, 0.25) is 0 Å². The van der Waals surface area contributed by atoms with Crippen LogP contribution in [0.15, 0.2) is 48.5 Å². The summed E-state index contributed by atoms with van der Waals surface area (Å²) in [5.41, 5.74) is -0.322. The van der Waals surface area contributed by atoms with Crippen LogP contribution in [0.25, 0.3) is 0 Å². The molecule has 0 saturated carbocycles. The average Bonchev–Trinajstić information content (AvgIpc) is 2.60. The molecule has 132 valence electrons. The van der Waals surface area contributed by atoms with Crippen LogP contribution in [0.3, 0.4) is 0 Å². The summed E-state index contributed by atoms with van der Waals surface area (Å²) >= 11 is 0. The van der Waals surface area contributed by atoms with Gasteiger partial charge in [0.2, 0.25) is 0 Å². The lowest BCUT2D eigenvalue weighted by Crippen LogP contribution is -2.49. The summed E-state index contributed by atoms with van der Waals surface area (Å²) in [7, 11) is 0. The molecule has 2 aromatic rings. The molecule has 0 bridgehead atoms. The van der Waals surface area contributed by atoms with Gasteiger partial charge in [0.25, 0.3) is 5.91 Å². The Morgan fingerprint density at radius 2 is 1.60 bits per heavy atom. The summed E-state index contributed by atoms with van der Waals surface area (Å²) < 4.78 is 52.7. The van der Waals surface area contributed by atoms with Crippen molar-refractivity contribution < 1.29 is 22.4 Å². The van der Waals surface area contributed by atoms with E-state index in [1.54, 1.807) is 11.0 Å². The molecule has 0 radical (unpaired) electrons. The number of halogens is 4. The molecule has 1 saturated heterocycles. The molecular formula is C18H16F4N2O. The highest BCUT2D eigenvalue weighted by atomic mass is 19.4. The molecule has 0 atom stereocenters. The molecule has 3 rings (SSSR count). The van der Waals surface area contributed by atoms with Gasteiger partial charge in [-0.25, -0.2) is 4.39 Å². The summed E-state index contributed by atoms with van der Waals surface area (Å²) in [6, 6.07) is 10.8. The highest BCUT2D eigenvalue weighted by Crippen LogP contribution is 2.36. The van der Waals surface area contributed by atoms with Crippen molar-refractivity contribution in [3.63, 3.8) is 0 Å². The summed E-state index contributed by atoms with van der Waals surface area (Å²) in [5.74, 6) is -0.813. The maximum Gasteiger partial charge on any atom is 0.418 e. The molecule has 0 N–H and O–H groups in total. The van der Waals surface area contributed by atoms with E-state index in [-0.39, 0.29) is 43.3 Å². The van der Waals surface area contributed by atoms with Crippen molar-refractivity contribution in [2.24, 2.45) is 0 Å². The lowest BCUT2D eigenvalue weighted by atomic mass is 10.1. The third-order valence-corrected chi connectivity index (χ3v) is 4.19. The predicted molar refractivity (Wildman–Crippen MR) is 86.0 cm³/mol. The summed E-state index contributed by atoms with van der Waals surface area (Å²) in [6.07, 6.45) is -4.43. The average molecular weight is 352 g/mol. The maximum atomic E-state index is 13.2. The molecular weight excluding hydrogens is 336 g/mol. The van der Waals surface area contributed by atoms with Crippen LogP contribution in [-0.4, -0.2) is 37.0 Å². The number of carbonyl (C=O) groups excluding carboxylic acids is 1. The number of piperazine rings is 1. The summed E-state index contributed by atoms with van der Waals surface area (Å²) in [6.45, 7) is 1.13. The monoisotopic (exact) mass is 352 g/mol. The highest BCUT2D eigenvalue weighted by molar-refractivity contribution is 5.94. The van der Waals surface area contributed by atoms with E-state index >= 15 is 0 Å². The number of nitrogens with zero attached hydrogens (tertiary/aromatic N) is 2. The van der Waals surface area contributed by atoms with E-state index in [1.165, 1.54) is 35.2 Å². The Balaban J connectivity index is 1.72. The largest absolute Gasteiger partial charge is 0.418 e. The molecule has 3 nitrogen and oxygen atoms in total. The topological polar surface area (TPSA) is 23.6 Å². The zero-order valence-electron chi connectivity index (χ0n) is 13.3. The second kappa shape index (κ2) is 6.74. The van der Waals surface area contributed by atoms with Gasteiger partial charge in [0.15, 0.2) is 0 Å². The van der Waals surface area contributed by atoms with Gasteiger partial charge in [-0.1, -0.05) is 18.2 Å². The van der Waals surface area contributed by atoms with Gasteiger partial charge in [-0.3, -0.25) is 4.79 Å². The summed E-state index contributed by atoms with van der Waals surface area (Å²) in [5, 5.41) is 0. The van der Waals surface area contributed by atoms with Gasteiger partial charge in [-0.15, -0.1) is 0 Å². The molecule has 0 aromatic heterocycles. The SMILES string of the molecule is O=C(c1cccc(F)c1)N1CCN(c2ccccc2C(F)(F)F)CC1.